The van der Waals surface area contributed by atoms with E-state index in [-0.39, 0.29) is 19.0 Å². The van der Waals surface area contributed by atoms with E-state index in [0.29, 0.717) is 0 Å². The van der Waals surface area contributed by atoms with Crippen molar-refractivity contribution >= 4 is 16.9 Å². The number of aromatic nitrogens is 2. The lowest BCUT2D eigenvalue weighted by Gasteiger charge is -2.09. The smallest absolute Gasteiger partial charge is 0.240 e. The zero-order valence-electron chi connectivity index (χ0n) is 10.6. The molecule has 1 aromatic heterocycles. The van der Waals surface area contributed by atoms with Crippen LogP contribution in [0.4, 0.5) is 0 Å². The molecule has 5 nitrogen and oxygen atoms in total. The molecule has 0 fully saturated rings. The highest BCUT2D eigenvalue weighted by Gasteiger charge is 2.10. The molecule has 0 radical (unpaired) electrons. The van der Waals surface area contributed by atoms with Gasteiger partial charge in [0.1, 0.15) is 12.4 Å². The largest absolute Gasteiger partial charge is 0.392 e. The molecule has 18 heavy (non-hydrogen) atoms. The number of para-hydroxylation sites is 2. The SMILES string of the molecule is Cc1nc2ccccc2n1CC(=O)NCC(C)O. The zero-order chi connectivity index (χ0) is 13.1. The first-order valence-electron chi connectivity index (χ1n) is 5.94. The summed E-state index contributed by atoms with van der Waals surface area (Å²) in [5.41, 5.74) is 1.83. The summed E-state index contributed by atoms with van der Waals surface area (Å²) < 4.78 is 1.87. The van der Waals surface area contributed by atoms with E-state index in [1.165, 1.54) is 0 Å². The highest BCUT2D eigenvalue weighted by molar-refractivity contribution is 5.81. The molecule has 2 aromatic rings. The number of hydrogen-bond donors (Lipinski definition) is 2. The Morgan fingerprint density at radius 2 is 2.22 bits per heavy atom. The van der Waals surface area contributed by atoms with Crippen molar-refractivity contribution in [3.63, 3.8) is 0 Å². The summed E-state index contributed by atoms with van der Waals surface area (Å²) in [4.78, 5) is 16.1. The summed E-state index contributed by atoms with van der Waals surface area (Å²) in [6, 6.07) is 7.71. The quantitative estimate of drug-likeness (QED) is 0.841. The van der Waals surface area contributed by atoms with Crippen molar-refractivity contribution in [1.29, 1.82) is 0 Å². The van der Waals surface area contributed by atoms with Gasteiger partial charge in [0.2, 0.25) is 5.91 Å². The number of imidazole rings is 1. The number of aryl methyl sites for hydroxylation is 1. The molecule has 0 aliphatic rings. The van der Waals surface area contributed by atoms with E-state index in [2.05, 4.69) is 10.3 Å². The van der Waals surface area contributed by atoms with Crippen LogP contribution >= 0.6 is 0 Å². The fraction of sp³-hybridized carbons (Fsp3) is 0.385. The number of carbonyl (C=O) groups excluding carboxylic acids is 1. The minimum absolute atomic E-state index is 0.123. The van der Waals surface area contributed by atoms with Crippen LogP contribution in [0, 0.1) is 6.92 Å². The van der Waals surface area contributed by atoms with Crippen LogP contribution in [0.25, 0.3) is 11.0 Å². The molecule has 2 N–H and O–H groups in total. The maximum atomic E-state index is 11.7. The standard InChI is InChI=1S/C13H17N3O2/c1-9(17)7-14-13(18)8-16-10(2)15-11-5-3-4-6-12(11)16/h3-6,9,17H,7-8H2,1-2H3,(H,14,18). The van der Waals surface area contributed by atoms with Crippen molar-refractivity contribution in [2.45, 2.75) is 26.5 Å². The number of carbonyl (C=O) groups is 1. The predicted octanol–water partition coefficient (Wildman–Crippen LogP) is 0.842. The molecule has 2 rings (SSSR count). The highest BCUT2D eigenvalue weighted by atomic mass is 16.3. The summed E-state index contributed by atoms with van der Waals surface area (Å²) in [5.74, 6) is 0.686. The molecule has 96 valence electrons. The Labute approximate surface area is 105 Å². The molecule has 1 aromatic carbocycles. The second-order valence-corrected chi connectivity index (χ2v) is 4.39. The first kappa shape index (κ1) is 12.6. The van der Waals surface area contributed by atoms with Crippen LogP contribution in [0.1, 0.15) is 12.7 Å². The van der Waals surface area contributed by atoms with Crippen LogP contribution in [0.3, 0.4) is 0 Å². The first-order chi connectivity index (χ1) is 8.58. The van der Waals surface area contributed by atoms with Gasteiger partial charge in [-0.2, -0.15) is 0 Å². The van der Waals surface area contributed by atoms with E-state index in [1.54, 1.807) is 6.92 Å². The Morgan fingerprint density at radius 3 is 2.94 bits per heavy atom. The summed E-state index contributed by atoms with van der Waals surface area (Å²) in [6.07, 6.45) is -0.533. The Kier molecular flexibility index (Phi) is 3.62. The molecule has 1 atom stereocenters. The van der Waals surface area contributed by atoms with Crippen LogP contribution in [-0.2, 0) is 11.3 Å². The summed E-state index contributed by atoms with van der Waals surface area (Å²) >= 11 is 0. The van der Waals surface area contributed by atoms with Gasteiger partial charge in [0.05, 0.1) is 17.1 Å². The van der Waals surface area contributed by atoms with E-state index >= 15 is 0 Å². The summed E-state index contributed by atoms with van der Waals surface area (Å²) in [5, 5.41) is 11.8. The monoisotopic (exact) mass is 247 g/mol. The van der Waals surface area contributed by atoms with Gasteiger partial charge < -0.3 is 15.0 Å². The summed E-state index contributed by atoms with van der Waals surface area (Å²) in [6.45, 7) is 4.00. The maximum absolute atomic E-state index is 11.7. The van der Waals surface area contributed by atoms with Crippen LogP contribution in [-0.4, -0.2) is 33.2 Å². The Balaban J connectivity index is 2.16. The molecule has 0 saturated heterocycles. The van der Waals surface area contributed by atoms with Gasteiger partial charge in [0, 0.05) is 6.54 Å². The van der Waals surface area contributed by atoms with E-state index in [9.17, 15) is 4.79 Å². The van der Waals surface area contributed by atoms with Gasteiger partial charge >= 0.3 is 0 Å². The second kappa shape index (κ2) is 5.18. The van der Waals surface area contributed by atoms with Crippen LogP contribution < -0.4 is 5.32 Å². The predicted molar refractivity (Wildman–Crippen MR) is 69.2 cm³/mol. The molecule has 0 saturated carbocycles. The lowest BCUT2D eigenvalue weighted by Crippen LogP contribution is -2.33. The molecule has 0 spiro atoms. The van der Waals surface area contributed by atoms with E-state index in [1.807, 2.05) is 35.8 Å². The number of hydrogen-bond acceptors (Lipinski definition) is 3. The number of nitrogens with zero attached hydrogens (tertiary/aromatic N) is 2. The van der Waals surface area contributed by atoms with Gasteiger partial charge in [-0.05, 0) is 26.0 Å². The number of aliphatic hydroxyl groups is 1. The van der Waals surface area contributed by atoms with Crippen molar-refractivity contribution in [3.8, 4) is 0 Å². The minimum Gasteiger partial charge on any atom is -0.392 e. The average molecular weight is 247 g/mol. The molecule has 0 aliphatic carbocycles. The first-order valence-corrected chi connectivity index (χ1v) is 5.94. The van der Waals surface area contributed by atoms with E-state index in [0.717, 1.165) is 16.9 Å². The van der Waals surface area contributed by atoms with Gasteiger partial charge in [-0.25, -0.2) is 4.98 Å². The maximum Gasteiger partial charge on any atom is 0.240 e. The van der Waals surface area contributed by atoms with Crippen LogP contribution in [0.5, 0.6) is 0 Å². The summed E-state index contributed by atoms with van der Waals surface area (Å²) in [7, 11) is 0. The molecule has 5 heteroatoms. The fourth-order valence-electron chi connectivity index (χ4n) is 1.86. The van der Waals surface area contributed by atoms with Crippen molar-refractivity contribution in [2.24, 2.45) is 0 Å². The molecule has 0 aliphatic heterocycles. The van der Waals surface area contributed by atoms with Gasteiger partial charge in [0.25, 0.3) is 0 Å². The molecular weight excluding hydrogens is 230 g/mol. The van der Waals surface area contributed by atoms with Crippen LogP contribution in [0.15, 0.2) is 24.3 Å². The molecule has 1 unspecified atom stereocenters. The van der Waals surface area contributed by atoms with E-state index < -0.39 is 6.10 Å². The number of aliphatic hydroxyl groups excluding tert-OH is 1. The van der Waals surface area contributed by atoms with Crippen LogP contribution in [0.2, 0.25) is 0 Å². The Morgan fingerprint density at radius 1 is 1.50 bits per heavy atom. The van der Waals surface area contributed by atoms with Gasteiger partial charge in [-0.3, -0.25) is 4.79 Å². The topological polar surface area (TPSA) is 67.2 Å². The normalized spacial score (nSPS) is 12.6. The molecular formula is C13H17N3O2. The fourth-order valence-corrected chi connectivity index (χ4v) is 1.86. The number of rotatable bonds is 4. The second-order valence-electron chi connectivity index (χ2n) is 4.39. The van der Waals surface area contributed by atoms with Crippen molar-refractivity contribution < 1.29 is 9.90 Å². The van der Waals surface area contributed by atoms with E-state index in [4.69, 9.17) is 5.11 Å². The molecule has 0 bridgehead atoms. The van der Waals surface area contributed by atoms with Crippen molar-refractivity contribution in [2.75, 3.05) is 6.54 Å². The highest BCUT2D eigenvalue weighted by Crippen LogP contribution is 2.14. The average Bonchev–Trinajstić information content (AvgIpc) is 2.64. The number of nitrogens with one attached hydrogen (secondary N) is 1. The number of amides is 1. The molecule has 1 heterocycles. The minimum atomic E-state index is -0.533. The molecule has 1 amide bonds. The Hall–Kier alpha value is -1.88. The zero-order valence-corrected chi connectivity index (χ0v) is 10.6. The van der Waals surface area contributed by atoms with Crippen molar-refractivity contribution in [3.05, 3.63) is 30.1 Å². The number of fused-ring (bicyclic) bond motifs is 1. The third kappa shape index (κ3) is 2.68. The van der Waals surface area contributed by atoms with Crippen molar-refractivity contribution in [1.82, 2.24) is 14.9 Å². The lowest BCUT2D eigenvalue weighted by atomic mass is 10.3. The lowest BCUT2D eigenvalue weighted by molar-refractivity contribution is -0.122. The Bertz CT molecular complexity index is 560. The van der Waals surface area contributed by atoms with Gasteiger partial charge in [-0.15, -0.1) is 0 Å². The van der Waals surface area contributed by atoms with Gasteiger partial charge in [0.15, 0.2) is 0 Å². The van der Waals surface area contributed by atoms with Gasteiger partial charge in [-0.1, -0.05) is 12.1 Å². The number of benzene rings is 1. The third-order valence-electron chi connectivity index (χ3n) is 2.74. The third-order valence-corrected chi connectivity index (χ3v) is 2.74.